The highest BCUT2D eigenvalue weighted by Gasteiger charge is 2.11. The number of hydrogen-bond donors (Lipinski definition) is 3. The van der Waals surface area contributed by atoms with Crippen LogP contribution in [0.15, 0.2) is 12.3 Å². The number of aryl methyl sites for hydroxylation is 1. The summed E-state index contributed by atoms with van der Waals surface area (Å²) in [7, 11) is 1.90. The van der Waals surface area contributed by atoms with E-state index >= 15 is 0 Å². The average molecular weight is 278 g/mol. The van der Waals surface area contributed by atoms with Crippen molar-refractivity contribution in [2.75, 3.05) is 24.2 Å². The minimum absolute atomic E-state index is 0.101. The summed E-state index contributed by atoms with van der Waals surface area (Å²) in [6.07, 6.45) is 3.52. The second-order valence-corrected chi connectivity index (χ2v) is 4.66. The molecule has 0 unspecified atom stereocenters. The predicted molar refractivity (Wildman–Crippen MR) is 78.5 cm³/mol. The number of hydrogen-bond acceptors (Lipinski definition) is 5. The Morgan fingerprint density at radius 1 is 1.40 bits per heavy atom. The zero-order chi connectivity index (χ0) is 14.5. The Morgan fingerprint density at radius 3 is 2.85 bits per heavy atom. The molecule has 0 aliphatic rings. The number of nitrogens with two attached hydrogens (primary N) is 1. The minimum Gasteiger partial charge on any atom is -0.394 e. The molecular weight excluding hydrogens is 256 g/mol. The standard InChI is InChI=1S/C13H22N6O/c1-3-11-12(14)13(17-18(11)2)15-6-4-10-5-7-19(16-10)8-9-20/h5,7,20H,3-4,6,8-9,14H2,1-2H3,(H,15,17). The Morgan fingerprint density at radius 2 is 2.20 bits per heavy atom. The lowest BCUT2D eigenvalue weighted by Gasteiger charge is -2.02. The molecule has 0 saturated heterocycles. The monoisotopic (exact) mass is 278 g/mol. The van der Waals surface area contributed by atoms with E-state index in [-0.39, 0.29) is 6.61 Å². The van der Waals surface area contributed by atoms with Gasteiger partial charge in [0.1, 0.15) is 0 Å². The topological polar surface area (TPSA) is 93.9 Å². The van der Waals surface area contributed by atoms with Gasteiger partial charge in [0.15, 0.2) is 5.82 Å². The highest BCUT2D eigenvalue weighted by atomic mass is 16.3. The summed E-state index contributed by atoms with van der Waals surface area (Å²) in [5.74, 6) is 0.735. The predicted octanol–water partition coefficient (Wildman–Crippen LogP) is 0.408. The van der Waals surface area contributed by atoms with Gasteiger partial charge in [-0.3, -0.25) is 9.36 Å². The minimum atomic E-state index is 0.101. The number of aliphatic hydroxyl groups is 1. The lowest BCUT2D eigenvalue weighted by atomic mass is 10.3. The molecule has 4 N–H and O–H groups in total. The lowest BCUT2D eigenvalue weighted by Crippen LogP contribution is -2.08. The maximum absolute atomic E-state index is 8.84. The lowest BCUT2D eigenvalue weighted by molar-refractivity contribution is 0.269. The molecule has 7 heteroatoms. The molecule has 0 spiro atoms. The fourth-order valence-corrected chi connectivity index (χ4v) is 2.20. The molecule has 20 heavy (non-hydrogen) atoms. The van der Waals surface area contributed by atoms with Gasteiger partial charge in [-0.15, -0.1) is 0 Å². The van der Waals surface area contributed by atoms with E-state index in [4.69, 9.17) is 10.8 Å². The van der Waals surface area contributed by atoms with Gasteiger partial charge in [0, 0.05) is 26.2 Å². The maximum Gasteiger partial charge on any atom is 0.171 e. The summed E-state index contributed by atoms with van der Waals surface area (Å²) in [5, 5.41) is 20.8. The zero-order valence-corrected chi connectivity index (χ0v) is 12.0. The fraction of sp³-hybridized carbons (Fsp3) is 0.538. The Balaban J connectivity index is 1.89. The van der Waals surface area contributed by atoms with Crippen LogP contribution in [0.4, 0.5) is 11.5 Å². The molecule has 0 radical (unpaired) electrons. The molecule has 0 bridgehead atoms. The third kappa shape index (κ3) is 3.11. The number of aliphatic hydroxyl groups excluding tert-OH is 1. The molecule has 0 atom stereocenters. The van der Waals surface area contributed by atoms with E-state index in [1.54, 1.807) is 4.68 Å². The van der Waals surface area contributed by atoms with Crippen molar-refractivity contribution >= 4 is 11.5 Å². The SMILES string of the molecule is CCc1c(N)c(NCCc2ccn(CCO)n2)nn1C. The summed E-state index contributed by atoms with van der Waals surface area (Å²) in [4.78, 5) is 0. The van der Waals surface area contributed by atoms with Crippen LogP contribution in [0.25, 0.3) is 0 Å². The van der Waals surface area contributed by atoms with Crippen LogP contribution < -0.4 is 11.1 Å². The van der Waals surface area contributed by atoms with Crippen LogP contribution in [-0.2, 0) is 26.4 Å². The first-order valence-corrected chi connectivity index (χ1v) is 6.84. The van der Waals surface area contributed by atoms with Crippen LogP contribution in [-0.4, -0.2) is 37.8 Å². The zero-order valence-electron chi connectivity index (χ0n) is 12.0. The van der Waals surface area contributed by atoms with Gasteiger partial charge >= 0.3 is 0 Å². The van der Waals surface area contributed by atoms with E-state index in [9.17, 15) is 0 Å². The Labute approximate surface area is 118 Å². The molecule has 2 aromatic rings. The quantitative estimate of drug-likeness (QED) is 0.682. The van der Waals surface area contributed by atoms with Gasteiger partial charge in [0.05, 0.1) is 30.2 Å². The summed E-state index contributed by atoms with van der Waals surface area (Å²) in [5.41, 5.74) is 8.79. The Kier molecular flexibility index (Phi) is 4.62. The van der Waals surface area contributed by atoms with Gasteiger partial charge < -0.3 is 16.2 Å². The van der Waals surface area contributed by atoms with E-state index in [0.29, 0.717) is 6.54 Å². The highest BCUT2D eigenvalue weighted by Crippen LogP contribution is 2.21. The van der Waals surface area contributed by atoms with Gasteiger partial charge in [0.25, 0.3) is 0 Å². The number of nitrogens with zero attached hydrogens (tertiary/aromatic N) is 4. The molecular formula is C13H22N6O. The van der Waals surface area contributed by atoms with Crippen molar-refractivity contribution in [2.45, 2.75) is 26.3 Å². The number of nitrogen functional groups attached to an aromatic ring is 1. The molecule has 0 aliphatic heterocycles. The number of aromatic nitrogens is 4. The van der Waals surface area contributed by atoms with Gasteiger partial charge in [0.2, 0.25) is 0 Å². The van der Waals surface area contributed by atoms with Crippen LogP contribution in [0.5, 0.6) is 0 Å². The van der Waals surface area contributed by atoms with E-state index < -0.39 is 0 Å². The molecule has 0 aliphatic carbocycles. The molecule has 2 heterocycles. The number of anilines is 2. The van der Waals surface area contributed by atoms with Gasteiger partial charge in [-0.05, 0) is 12.5 Å². The van der Waals surface area contributed by atoms with E-state index in [1.807, 2.05) is 24.0 Å². The van der Waals surface area contributed by atoms with Crippen LogP contribution >= 0.6 is 0 Å². The third-order valence-corrected chi connectivity index (χ3v) is 3.24. The van der Waals surface area contributed by atoms with Crippen LogP contribution in [0.1, 0.15) is 18.3 Å². The fourth-order valence-electron chi connectivity index (χ4n) is 2.20. The van der Waals surface area contributed by atoms with Crippen molar-refractivity contribution in [3.63, 3.8) is 0 Å². The van der Waals surface area contributed by atoms with Gasteiger partial charge in [-0.1, -0.05) is 6.92 Å². The molecule has 0 amide bonds. The molecule has 0 aromatic carbocycles. The molecule has 2 aromatic heterocycles. The van der Waals surface area contributed by atoms with Crippen LogP contribution in [0.3, 0.4) is 0 Å². The van der Waals surface area contributed by atoms with Crippen LogP contribution in [0, 0.1) is 0 Å². The summed E-state index contributed by atoms with van der Waals surface area (Å²) in [6, 6.07) is 1.95. The smallest absolute Gasteiger partial charge is 0.171 e. The van der Waals surface area contributed by atoms with Crippen molar-refractivity contribution < 1.29 is 5.11 Å². The van der Waals surface area contributed by atoms with Crippen molar-refractivity contribution in [3.05, 3.63) is 23.7 Å². The molecule has 110 valence electrons. The Hall–Kier alpha value is -2.02. The van der Waals surface area contributed by atoms with E-state index in [1.165, 1.54) is 0 Å². The summed E-state index contributed by atoms with van der Waals surface area (Å²) < 4.78 is 3.55. The van der Waals surface area contributed by atoms with Crippen molar-refractivity contribution in [1.29, 1.82) is 0 Å². The van der Waals surface area contributed by atoms with Gasteiger partial charge in [-0.2, -0.15) is 10.2 Å². The van der Waals surface area contributed by atoms with E-state index in [2.05, 4.69) is 22.4 Å². The molecule has 0 fully saturated rings. The first-order valence-electron chi connectivity index (χ1n) is 6.84. The largest absolute Gasteiger partial charge is 0.394 e. The first kappa shape index (κ1) is 14.4. The average Bonchev–Trinajstić information content (AvgIpc) is 2.96. The molecule has 7 nitrogen and oxygen atoms in total. The first-order chi connectivity index (χ1) is 9.65. The normalized spacial score (nSPS) is 10.9. The maximum atomic E-state index is 8.84. The van der Waals surface area contributed by atoms with Crippen molar-refractivity contribution in [2.24, 2.45) is 7.05 Å². The highest BCUT2D eigenvalue weighted by molar-refractivity contribution is 5.64. The second-order valence-electron chi connectivity index (χ2n) is 4.66. The summed E-state index contributed by atoms with van der Waals surface area (Å²) >= 11 is 0. The Bertz CT molecular complexity index is 559. The van der Waals surface area contributed by atoms with E-state index in [0.717, 1.165) is 42.3 Å². The molecule has 0 saturated carbocycles. The third-order valence-electron chi connectivity index (χ3n) is 3.24. The van der Waals surface area contributed by atoms with Crippen molar-refractivity contribution in [3.8, 4) is 0 Å². The number of nitrogens with one attached hydrogen (secondary N) is 1. The van der Waals surface area contributed by atoms with Crippen LogP contribution in [0.2, 0.25) is 0 Å². The molecule has 2 rings (SSSR count). The van der Waals surface area contributed by atoms with Crippen molar-refractivity contribution in [1.82, 2.24) is 19.6 Å². The number of rotatable bonds is 7. The second kappa shape index (κ2) is 6.42. The summed E-state index contributed by atoms with van der Waals surface area (Å²) in [6.45, 7) is 3.41. The van der Waals surface area contributed by atoms with Gasteiger partial charge in [-0.25, -0.2) is 0 Å².